The van der Waals surface area contributed by atoms with Gasteiger partial charge < -0.3 is 10.1 Å². The molecule has 0 unspecified atom stereocenters. The maximum absolute atomic E-state index is 13.4. The number of esters is 1. The number of carbonyl (C=O) groups is 2. The third-order valence-corrected chi connectivity index (χ3v) is 6.95. The monoisotopic (exact) mass is 439 g/mol. The van der Waals surface area contributed by atoms with Gasteiger partial charge in [0.1, 0.15) is 10.3 Å². The summed E-state index contributed by atoms with van der Waals surface area (Å²) >= 11 is 2.91. The van der Waals surface area contributed by atoms with Crippen LogP contribution in [0.4, 0.5) is 5.00 Å². The lowest BCUT2D eigenvalue weighted by atomic mass is 10.1. The van der Waals surface area contributed by atoms with Crippen molar-refractivity contribution in [3.8, 4) is 0 Å². The van der Waals surface area contributed by atoms with Gasteiger partial charge >= 0.3 is 5.97 Å². The Morgan fingerprint density at radius 3 is 2.27 bits per heavy atom. The Morgan fingerprint density at radius 2 is 1.67 bits per heavy atom. The maximum Gasteiger partial charge on any atom is 0.341 e. The van der Waals surface area contributed by atoms with E-state index in [4.69, 9.17) is 4.74 Å². The van der Waals surface area contributed by atoms with Crippen molar-refractivity contribution in [2.75, 3.05) is 11.9 Å². The Balaban J connectivity index is 1.94. The average molecular weight is 440 g/mol. The van der Waals surface area contributed by atoms with Gasteiger partial charge in [-0.15, -0.1) is 23.1 Å². The second-order valence-electron chi connectivity index (χ2n) is 6.63. The first-order valence-electron chi connectivity index (χ1n) is 9.92. The second-order valence-corrected chi connectivity index (χ2v) is 9.03. The number of thioether (sulfide) groups is 1. The molecule has 2 aromatic carbocycles. The van der Waals surface area contributed by atoms with E-state index in [-0.39, 0.29) is 11.9 Å². The molecule has 0 spiro atoms. The zero-order valence-corrected chi connectivity index (χ0v) is 18.9. The minimum atomic E-state index is -0.448. The number of thiophene rings is 1. The van der Waals surface area contributed by atoms with E-state index in [0.717, 1.165) is 20.9 Å². The van der Waals surface area contributed by atoms with Gasteiger partial charge in [-0.3, -0.25) is 4.79 Å². The Labute approximate surface area is 185 Å². The predicted octanol–water partition coefficient (Wildman–Crippen LogP) is 6.27. The fourth-order valence-electron chi connectivity index (χ4n) is 3.23. The lowest BCUT2D eigenvalue weighted by Crippen LogP contribution is -2.20. The lowest BCUT2D eigenvalue weighted by molar-refractivity contribution is -0.115. The number of aryl methyl sites for hydroxylation is 1. The first-order valence-corrected chi connectivity index (χ1v) is 11.6. The molecular weight excluding hydrogens is 414 g/mol. The number of ether oxygens (including phenoxy) is 1. The van der Waals surface area contributed by atoms with Crippen LogP contribution in [0.2, 0.25) is 0 Å². The number of benzene rings is 2. The molecule has 0 saturated heterocycles. The first-order chi connectivity index (χ1) is 14.5. The molecule has 1 heterocycles. The minimum absolute atomic E-state index is 0.162. The van der Waals surface area contributed by atoms with Gasteiger partial charge in [0.2, 0.25) is 5.91 Å². The highest BCUT2D eigenvalue weighted by Gasteiger charge is 2.27. The third-order valence-electron chi connectivity index (χ3n) is 4.62. The van der Waals surface area contributed by atoms with Crippen LogP contribution in [-0.4, -0.2) is 18.5 Å². The summed E-state index contributed by atoms with van der Waals surface area (Å²) in [5.41, 5.74) is 2.32. The largest absolute Gasteiger partial charge is 0.462 e. The van der Waals surface area contributed by atoms with Gasteiger partial charge in [0.25, 0.3) is 0 Å². The van der Waals surface area contributed by atoms with Crippen LogP contribution < -0.4 is 5.32 Å². The summed E-state index contributed by atoms with van der Waals surface area (Å²) in [6.07, 6.45) is 0.702. The summed E-state index contributed by atoms with van der Waals surface area (Å²) in [6, 6.07) is 19.5. The molecule has 1 N–H and O–H groups in total. The number of carbonyl (C=O) groups excluding carboxylic acids is 2. The number of hydrogen-bond donors (Lipinski definition) is 1. The quantitative estimate of drug-likeness (QED) is 0.332. The molecule has 1 atom stereocenters. The van der Waals surface area contributed by atoms with Crippen molar-refractivity contribution in [3.63, 3.8) is 0 Å². The van der Waals surface area contributed by atoms with Gasteiger partial charge in [-0.05, 0) is 43.5 Å². The zero-order valence-electron chi connectivity index (χ0n) is 17.3. The van der Waals surface area contributed by atoms with E-state index in [2.05, 4.69) is 5.32 Å². The van der Waals surface area contributed by atoms with Crippen molar-refractivity contribution >= 4 is 40.0 Å². The average Bonchev–Trinajstić information content (AvgIpc) is 3.08. The molecule has 3 aromatic rings. The molecule has 4 nitrogen and oxygen atoms in total. The van der Waals surface area contributed by atoms with Gasteiger partial charge in [0, 0.05) is 9.77 Å². The van der Waals surface area contributed by atoms with E-state index in [0.29, 0.717) is 23.6 Å². The third kappa shape index (κ3) is 5.12. The number of hydrogen-bond acceptors (Lipinski definition) is 5. The van der Waals surface area contributed by atoms with Crippen LogP contribution in [0.25, 0.3) is 0 Å². The van der Waals surface area contributed by atoms with Crippen LogP contribution >= 0.6 is 23.1 Å². The van der Waals surface area contributed by atoms with E-state index < -0.39 is 5.25 Å². The highest BCUT2D eigenvalue weighted by Crippen LogP contribution is 2.39. The number of rotatable bonds is 8. The SMILES string of the molecule is CCOC(=O)c1c(NC(=O)[C@@H](Sc2ccccc2)c2ccccc2)sc(C)c1CC. The van der Waals surface area contributed by atoms with Gasteiger partial charge in [-0.2, -0.15) is 0 Å². The molecule has 0 radical (unpaired) electrons. The molecule has 0 fully saturated rings. The number of nitrogens with one attached hydrogen (secondary N) is 1. The Morgan fingerprint density at radius 1 is 1.03 bits per heavy atom. The van der Waals surface area contributed by atoms with Crippen LogP contribution in [0, 0.1) is 6.92 Å². The van der Waals surface area contributed by atoms with Crippen molar-refractivity contribution in [2.45, 2.75) is 37.3 Å². The van der Waals surface area contributed by atoms with E-state index >= 15 is 0 Å². The Bertz CT molecular complexity index is 1000. The highest BCUT2D eigenvalue weighted by atomic mass is 32.2. The van der Waals surface area contributed by atoms with Crippen molar-refractivity contribution in [1.29, 1.82) is 0 Å². The van der Waals surface area contributed by atoms with Crippen LogP contribution in [0.1, 0.15) is 45.5 Å². The maximum atomic E-state index is 13.4. The number of amides is 1. The summed E-state index contributed by atoms with van der Waals surface area (Å²) in [7, 11) is 0. The summed E-state index contributed by atoms with van der Waals surface area (Å²) in [4.78, 5) is 28.0. The second kappa shape index (κ2) is 10.5. The molecular formula is C24H25NO3S2. The van der Waals surface area contributed by atoms with Crippen molar-refractivity contribution in [1.82, 2.24) is 0 Å². The standard InChI is InChI=1S/C24H25NO3S2/c1-4-19-16(3)29-23(20(19)24(27)28-5-2)25-22(26)21(17-12-8-6-9-13-17)30-18-14-10-7-11-15-18/h6-15,21H,4-5H2,1-3H3,(H,25,26)/t21-/m0/s1. The van der Waals surface area contributed by atoms with E-state index in [1.165, 1.54) is 23.1 Å². The fraction of sp³-hybridized carbons (Fsp3) is 0.250. The van der Waals surface area contributed by atoms with Crippen LogP contribution in [-0.2, 0) is 16.0 Å². The van der Waals surface area contributed by atoms with Gasteiger partial charge in [-0.25, -0.2) is 4.79 Å². The summed E-state index contributed by atoms with van der Waals surface area (Å²) < 4.78 is 5.26. The van der Waals surface area contributed by atoms with Crippen molar-refractivity contribution < 1.29 is 14.3 Å². The molecule has 0 aliphatic rings. The molecule has 0 aliphatic heterocycles. The zero-order chi connectivity index (χ0) is 21.5. The minimum Gasteiger partial charge on any atom is -0.462 e. The van der Waals surface area contributed by atoms with E-state index in [1.807, 2.05) is 74.5 Å². The van der Waals surface area contributed by atoms with Gasteiger partial charge in [0.05, 0.1) is 12.2 Å². The first kappa shape index (κ1) is 22.1. The topological polar surface area (TPSA) is 55.4 Å². The Hall–Kier alpha value is -2.57. The molecule has 30 heavy (non-hydrogen) atoms. The Kier molecular flexibility index (Phi) is 7.71. The molecule has 0 aliphatic carbocycles. The van der Waals surface area contributed by atoms with E-state index in [1.54, 1.807) is 6.92 Å². The normalized spacial score (nSPS) is 11.7. The van der Waals surface area contributed by atoms with Gasteiger partial charge in [0.15, 0.2) is 0 Å². The smallest absolute Gasteiger partial charge is 0.341 e. The van der Waals surface area contributed by atoms with E-state index in [9.17, 15) is 9.59 Å². The molecule has 3 rings (SSSR count). The molecule has 156 valence electrons. The van der Waals surface area contributed by atoms with Crippen LogP contribution in [0.15, 0.2) is 65.6 Å². The molecule has 0 saturated carbocycles. The van der Waals surface area contributed by atoms with Gasteiger partial charge in [-0.1, -0.05) is 55.5 Å². The summed E-state index contributed by atoms with van der Waals surface area (Å²) in [6.45, 7) is 6.04. The molecule has 0 bridgehead atoms. The molecule has 1 amide bonds. The lowest BCUT2D eigenvalue weighted by Gasteiger charge is -2.17. The fourth-order valence-corrected chi connectivity index (χ4v) is 5.41. The number of anilines is 1. The molecule has 6 heteroatoms. The summed E-state index contributed by atoms with van der Waals surface area (Å²) in [5.74, 6) is -0.550. The van der Waals surface area contributed by atoms with Crippen molar-refractivity contribution in [3.05, 3.63) is 82.2 Å². The van der Waals surface area contributed by atoms with Crippen LogP contribution in [0.5, 0.6) is 0 Å². The molecule has 1 aromatic heterocycles. The summed E-state index contributed by atoms with van der Waals surface area (Å²) in [5, 5.41) is 3.13. The predicted molar refractivity (Wildman–Crippen MR) is 125 cm³/mol. The highest BCUT2D eigenvalue weighted by molar-refractivity contribution is 8.00. The van der Waals surface area contributed by atoms with Crippen molar-refractivity contribution in [2.24, 2.45) is 0 Å². The van der Waals surface area contributed by atoms with Crippen LogP contribution in [0.3, 0.4) is 0 Å².